The van der Waals surface area contributed by atoms with Crippen LogP contribution in [0.1, 0.15) is 43.5 Å². The van der Waals surface area contributed by atoms with E-state index >= 15 is 0 Å². The molecule has 148 valence electrons. The topological polar surface area (TPSA) is 115 Å². The fourth-order valence-corrected chi connectivity index (χ4v) is 3.14. The van der Waals surface area contributed by atoms with E-state index in [0.717, 1.165) is 6.42 Å². The molecular weight excluding hydrogens is 354 g/mol. The largest absolute Gasteiger partial charge is 0.438 e. The van der Waals surface area contributed by atoms with Crippen LogP contribution >= 0.6 is 0 Å². The molecule has 27 heavy (non-hydrogen) atoms. The maximum atomic E-state index is 12.9. The number of hydrogen-bond donors (Lipinski definition) is 1. The van der Waals surface area contributed by atoms with Gasteiger partial charge in [0.25, 0.3) is 5.91 Å². The lowest BCUT2D eigenvalue weighted by molar-refractivity contribution is -0.109. The molecule has 10 heteroatoms. The zero-order chi connectivity index (χ0) is 19.6. The van der Waals surface area contributed by atoms with Crippen molar-refractivity contribution in [1.82, 2.24) is 24.8 Å². The summed E-state index contributed by atoms with van der Waals surface area (Å²) in [7, 11) is 1.64. The molecule has 2 aromatic rings. The molecule has 0 aliphatic carbocycles. The number of methoxy groups -OCH3 is 1. The van der Waals surface area contributed by atoms with Crippen molar-refractivity contribution in [3.63, 3.8) is 0 Å². The predicted molar refractivity (Wildman–Crippen MR) is 94.4 cm³/mol. The highest BCUT2D eigenvalue weighted by atomic mass is 16.5. The first-order valence-electron chi connectivity index (χ1n) is 8.81. The van der Waals surface area contributed by atoms with Gasteiger partial charge in [-0.2, -0.15) is 5.10 Å². The van der Waals surface area contributed by atoms with Crippen LogP contribution in [0.4, 0.5) is 0 Å². The molecule has 0 spiro atoms. The number of carbonyl (C=O) groups is 1. The van der Waals surface area contributed by atoms with Crippen LogP contribution in [-0.4, -0.2) is 68.7 Å². The van der Waals surface area contributed by atoms with E-state index in [1.165, 1.54) is 4.68 Å². The maximum absolute atomic E-state index is 12.9. The van der Waals surface area contributed by atoms with Crippen molar-refractivity contribution < 1.29 is 18.8 Å². The van der Waals surface area contributed by atoms with Gasteiger partial charge in [0.1, 0.15) is 12.2 Å². The lowest BCUT2D eigenvalue weighted by atomic mass is 10.0. The summed E-state index contributed by atoms with van der Waals surface area (Å²) >= 11 is 0. The summed E-state index contributed by atoms with van der Waals surface area (Å²) in [6.07, 6.45) is 2.21. The molecule has 1 fully saturated rings. The fraction of sp³-hybridized carbons (Fsp3) is 0.647. The number of aromatic amines is 1. The summed E-state index contributed by atoms with van der Waals surface area (Å²) in [6.45, 7) is 7.15. The quantitative estimate of drug-likeness (QED) is 0.811. The third kappa shape index (κ3) is 5.04. The first-order chi connectivity index (χ1) is 12.7. The Balaban J connectivity index is 1.69. The SMILES string of the molecule is CO[C@H]1C[C@H](OC(C)(C)C)CN(C(=O)c2ccn(Cc3noc(=O)[nH]3)n2)C1. The molecule has 2 atom stereocenters. The minimum Gasteiger partial charge on any atom is -0.380 e. The van der Waals surface area contributed by atoms with Gasteiger partial charge in [-0.15, -0.1) is 0 Å². The van der Waals surface area contributed by atoms with Crippen LogP contribution in [0.2, 0.25) is 0 Å². The second-order valence-electron chi connectivity index (χ2n) is 7.60. The van der Waals surface area contributed by atoms with Crippen LogP contribution in [0.3, 0.4) is 0 Å². The number of rotatable bonds is 5. The number of likely N-dealkylation sites (tertiary alicyclic amines) is 1. The van der Waals surface area contributed by atoms with E-state index in [9.17, 15) is 9.59 Å². The van der Waals surface area contributed by atoms with Crippen LogP contribution < -0.4 is 5.76 Å². The number of aromatic nitrogens is 4. The Bertz CT molecular complexity index is 833. The zero-order valence-corrected chi connectivity index (χ0v) is 16.0. The van der Waals surface area contributed by atoms with Gasteiger partial charge in [0.15, 0.2) is 5.82 Å². The van der Waals surface area contributed by atoms with E-state index in [1.807, 2.05) is 20.8 Å². The zero-order valence-electron chi connectivity index (χ0n) is 16.0. The third-order valence-electron chi connectivity index (χ3n) is 4.17. The van der Waals surface area contributed by atoms with Crippen molar-refractivity contribution in [3.8, 4) is 0 Å². The molecule has 1 aliphatic heterocycles. The first-order valence-corrected chi connectivity index (χ1v) is 8.81. The van der Waals surface area contributed by atoms with Gasteiger partial charge in [-0.05, 0) is 26.8 Å². The molecule has 0 bridgehead atoms. The van der Waals surface area contributed by atoms with E-state index in [2.05, 4.69) is 19.8 Å². The Morgan fingerprint density at radius 3 is 2.74 bits per heavy atom. The van der Waals surface area contributed by atoms with Crippen molar-refractivity contribution in [3.05, 3.63) is 34.3 Å². The Labute approximate surface area is 156 Å². The summed E-state index contributed by atoms with van der Waals surface area (Å²) in [5, 5.41) is 7.87. The average molecular weight is 379 g/mol. The van der Waals surface area contributed by atoms with Crippen molar-refractivity contribution in [2.24, 2.45) is 0 Å². The van der Waals surface area contributed by atoms with E-state index in [4.69, 9.17) is 9.47 Å². The van der Waals surface area contributed by atoms with Crippen LogP contribution in [-0.2, 0) is 16.0 Å². The number of amides is 1. The van der Waals surface area contributed by atoms with Gasteiger partial charge in [0, 0.05) is 32.8 Å². The summed E-state index contributed by atoms with van der Waals surface area (Å²) in [5.41, 5.74) is 0.0116. The molecule has 0 unspecified atom stereocenters. The normalized spacial score (nSPS) is 20.8. The Morgan fingerprint density at radius 1 is 1.37 bits per heavy atom. The number of H-pyrrole nitrogens is 1. The number of piperidine rings is 1. The van der Waals surface area contributed by atoms with E-state index < -0.39 is 5.76 Å². The van der Waals surface area contributed by atoms with Crippen molar-refractivity contribution in [1.29, 1.82) is 0 Å². The Kier molecular flexibility index (Phi) is 5.47. The summed E-state index contributed by atoms with van der Waals surface area (Å²) in [4.78, 5) is 28.0. The highest BCUT2D eigenvalue weighted by molar-refractivity contribution is 5.92. The lowest BCUT2D eigenvalue weighted by Crippen LogP contribution is -2.51. The van der Waals surface area contributed by atoms with Gasteiger partial charge in [-0.25, -0.2) is 4.79 Å². The number of nitrogens with zero attached hydrogens (tertiary/aromatic N) is 4. The van der Waals surface area contributed by atoms with E-state index in [-0.39, 0.29) is 30.3 Å². The van der Waals surface area contributed by atoms with E-state index in [1.54, 1.807) is 24.3 Å². The maximum Gasteiger partial charge on any atom is 0.438 e. The van der Waals surface area contributed by atoms with Crippen molar-refractivity contribution in [2.45, 2.75) is 51.5 Å². The second kappa shape index (κ2) is 7.65. The summed E-state index contributed by atoms with van der Waals surface area (Å²) < 4.78 is 17.5. The molecule has 0 radical (unpaired) electrons. The number of ether oxygens (including phenoxy) is 2. The number of nitrogens with one attached hydrogen (secondary N) is 1. The molecule has 1 saturated heterocycles. The van der Waals surface area contributed by atoms with Gasteiger partial charge in [0.2, 0.25) is 0 Å². The third-order valence-corrected chi connectivity index (χ3v) is 4.17. The molecular formula is C17H25N5O5. The predicted octanol–water partition coefficient (Wildman–Crippen LogP) is 0.652. The average Bonchev–Trinajstić information content (AvgIpc) is 3.21. The standard InChI is InChI=1S/C17H25N5O5/c1-17(2,3)26-12-7-11(25-4)8-21(9-12)15(23)13-5-6-22(19-13)10-14-18-16(24)27-20-14/h5-6,11-12H,7-10H2,1-4H3,(H,18,20,24)/t11-,12-/m0/s1. The minimum absolute atomic E-state index is 0.0858. The first kappa shape index (κ1) is 19.3. The van der Waals surface area contributed by atoms with Gasteiger partial charge in [-0.3, -0.25) is 19.0 Å². The molecule has 1 aliphatic rings. The van der Waals surface area contributed by atoms with Crippen molar-refractivity contribution >= 4 is 5.91 Å². The molecule has 10 nitrogen and oxygen atoms in total. The molecule has 1 amide bonds. The highest BCUT2D eigenvalue weighted by Gasteiger charge is 2.33. The summed E-state index contributed by atoms with van der Waals surface area (Å²) in [5.74, 6) is -0.484. The van der Waals surface area contributed by atoms with Gasteiger partial charge >= 0.3 is 5.76 Å². The number of carbonyl (C=O) groups excluding carboxylic acids is 1. The summed E-state index contributed by atoms with van der Waals surface area (Å²) in [6, 6.07) is 1.64. The molecule has 3 rings (SSSR count). The Morgan fingerprint density at radius 2 is 2.11 bits per heavy atom. The van der Waals surface area contributed by atoms with Crippen molar-refractivity contribution in [2.75, 3.05) is 20.2 Å². The lowest BCUT2D eigenvalue weighted by Gasteiger charge is -2.39. The molecule has 0 aromatic carbocycles. The van der Waals surface area contributed by atoms with Gasteiger partial charge < -0.3 is 14.4 Å². The van der Waals surface area contributed by atoms with Crippen LogP contribution in [0.15, 0.2) is 21.6 Å². The molecule has 0 saturated carbocycles. The second-order valence-corrected chi connectivity index (χ2v) is 7.60. The monoisotopic (exact) mass is 379 g/mol. The van der Waals surface area contributed by atoms with Crippen LogP contribution in [0.5, 0.6) is 0 Å². The minimum atomic E-state index is -0.628. The molecule has 3 heterocycles. The van der Waals surface area contributed by atoms with Gasteiger partial charge in [-0.1, -0.05) is 5.16 Å². The fourth-order valence-electron chi connectivity index (χ4n) is 3.14. The van der Waals surface area contributed by atoms with E-state index in [0.29, 0.717) is 24.6 Å². The number of hydrogen-bond acceptors (Lipinski definition) is 7. The van der Waals surface area contributed by atoms with Crippen LogP contribution in [0.25, 0.3) is 0 Å². The molecule has 1 N–H and O–H groups in total. The van der Waals surface area contributed by atoms with Gasteiger partial charge in [0.05, 0.1) is 17.8 Å². The Hall–Kier alpha value is -2.46. The van der Waals surface area contributed by atoms with Crippen LogP contribution in [0, 0.1) is 0 Å². The highest BCUT2D eigenvalue weighted by Crippen LogP contribution is 2.22. The smallest absolute Gasteiger partial charge is 0.380 e. The molecule has 2 aromatic heterocycles.